The van der Waals surface area contributed by atoms with Gasteiger partial charge in [0.05, 0.1) is 10.9 Å². The van der Waals surface area contributed by atoms with Crippen molar-refractivity contribution in [2.24, 2.45) is 5.92 Å². The largest absolute Gasteiger partial charge is 0.326 e. The second kappa shape index (κ2) is 10.7. The highest BCUT2D eigenvalue weighted by Gasteiger charge is 2.29. The first-order valence-electron chi connectivity index (χ1n) is 10.5. The quantitative estimate of drug-likeness (QED) is 0.594. The van der Waals surface area contributed by atoms with E-state index in [0.717, 1.165) is 11.3 Å². The number of sulfonamides is 1. The molecule has 1 saturated heterocycles. The molecule has 3 amide bonds. The minimum atomic E-state index is -3.57. The van der Waals surface area contributed by atoms with Gasteiger partial charge in [-0.1, -0.05) is 25.4 Å². The lowest BCUT2D eigenvalue weighted by Crippen LogP contribution is -2.45. The Morgan fingerprint density at radius 2 is 1.81 bits per heavy atom. The Hall–Kier alpha value is -2.14. The zero-order valence-electron chi connectivity index (χ0n) is 18.0. The number of carbonyl (C=O) groups is 2. The average Bonchev–Trinajstić information content (AvgIpc) is 3.25. The van der Waals surface area contributed by atoms with Crippen molar-refractivity contribution in [3.05, 3.63) is 41.4 Å². The number of hydrogen-bond acceptors (Lipinski definition) is 5. The van der Waals surface area contributed by atoms with E-state index >= 15 is 0 Å². The molecule has 0 unspecified atom stereocenters. The molecule has 8 nitrogen and oxygen atoms in total. The SMILES string of the molecule is CCN(CC)S(=O)(=O)c1ccc(NC(=O)N2CCC[C@@H](C(=O)Nc3ccc(Cl)cc3)C2)s1. The number of anilines is 2. The first-order valence-corrected chi connectivity index (χ1v) is 13.1. The molecule has 3 rings (SSSR count). The molecule has 0 spiro atoms. The van der Waals surface area contributed by atoms with Crippen molar-refractivity contribution in [1.29, 1.82) is 0 Å². The molecule has 174 valence electrons. The van der Waals surface area contributed by atoms with Crippen LogP contribution in [0.5, 0.6) is 0 Å². The van der Waals surface area contributed by atoms with Crippen LogP contribution in [0.2, 0.25) is 5.02 Å². The number of likely N-dealkylation sites (tertiary alicyclic amines) is 1. The van der Waals surface area contributed by atoms with Crippen molar-refractivity contribution in [3.8, 4) is 0 Å². The molecule has 0 radical (unpaired) electrons. The number of nitrogens with one attached hydrogen (secondary N) is 2. The van der Waals surface area contributed by atoms with Crippen LogP contribution in [0.3, 0.4) is 0 Å². The number of thiophene rings is 1. The molecule has 1 aliphatic rings. The van der Waals surface area contributed by atoms with E-state index in [1.807, 2.05) is 0 Å². The number of benzene rings is 1. The fourth-order valence-corrected chi connectivity index (χ4v) is 6.49. The summed E-state index contributed by atoms with van der Waals surface area (Å²) < 4.78 is 26.9. The molecule has 11 heteroatoms. The number of hydrogen-bond donors (Lipinski definition) is 2. The van der Waals surface area contributed by atoms with Gasteiger partial charge < -0.3 is 10.2 Å². The normalized spacial score (nSPS) is 16.8. The maximum atomic E-state index is 12.8. The van der Waals surface area contributed by atoms with E-state index in [1.54, 1.807) is 49.1 Å². The van der Waals surface area contributed by atoms with Gasteiger partial charge in [0.25, 0.3) is 10.0 Å². The predicted molar refractivity (Wildman–Crippen MR) is 128 cm³/mol. The molecular weight excluding hydrogens is 472 g/mol. The molecule has 1 fully saturated rings. The highest BCUT2D eigenvalue weighted by molar-refractivity contribution is 7.91. The van der Waals surface area contributed by atoms with Crippen LogP contribution >= 0.6 is 22.9 Å². The van der Waals surface area contributed by atoms with Crippen LogP contribution in [0.15, 0.2) is 40.6 Å². The van der Waals surface area contributed by atoms with Gasteiger partial charge in [0.2, 0.25) is 5.91 Å². The minimum absolute atomic E-state index is 0.145. The maximum Gasteiger partial charge on any atom is 0.322 e. The zero-order valence-corrected chi connectivity index (χ0v) is 20.4. The highest BCUT2D eigenvalue weighted by Crippen LogP contribution is 2.29. The number of piperidine rings is 1. The van der Waals surface area contributed by atoms with Crippen LogP contribution < -0.4 is 10.6 Å². The van der Waals surface area contributed by atoms with Gasteiger partial charge >= 0.3 is 6.03 Å². The molecule has 2 heterocycles. The lowest BCUT2D eigenvalue weighted by molar-refractivity contribution is -0.121. The summed E-state index contributed by atoms with van der Waals surface area (Å²) in [4.78, 5) is 27.0. The average molecular weight is 499 g/mol. The molecule has 1 aromatic carbocycles. The van der Waals surface area contributed by atoms with Crippen LogP contribution in [-0.2, 0) is 14.8 Å². The summed E-state index contributed by atoms with van der Waals surface area (Å²) in [6.07, 6.45) is 1.40. The van der Waals surface area contributed by atoms with E-state index < -0.39 is 10.0 Å². The van der Waals surface area contributed by atoms with Crippen LogP contribution in [0.25, 0.3) is 0 Å². The standard InChI is InChI=1S/C21H27ClN4O4S2/c1-3-26(4-2)32(29,30)19-12-11-18(31-19)24-21(28)25-13-5-6-15(14-25)20(27)23-17-9-7-16(22)8-10-17/h7-12,15H,3-6,13-14H2,1-2H3,(H,23,27)(H,24,28)/t15-/m1/s1. The van der Waals surface area contributed by atoms with Gasteiger partial charge in [-0.15, -0.1) is 11.3 Å². The molecule has 32 heavy (non-hydrogen) atoms. The third kappa shape index (κ3) is 5.80. The zero-order chi connectivity index (χ0) is 23.3. The molecule has 0 saturated carbocycles. The lowest BCUT2D eigenvalue weighted by Gasteiger charge is -2.31. The summed E-state index contributed by atoms with van der Waals surface area (Å²) in [5.41, 5.74) is 0.654. The van der Waals surface area contributed by atoms with Crippen molar-refractivity contribution >= 4 is 55.6 Å². The Morgan fingerprint density at radius 1 is 1.12 bits per heavy atom. The topological polar surface area (TPSA) is 98.8 Å². The van der Waals surface area contributed by atoms with Gasteiger partial charge in [0, 0.05) is 36.9 Å². The Bertz CT molecular complexity index is 1050. The third-order valence-electron chi connectivity index (χ3n) is 5.30. The van der Waals surface area contributed by atoms with Crippen LogP contribution in [0.1, 0.15) is 26.7 Å². The van der Waals surface area contributed by atoms with Crippen LogP contribution in [0.4, 0.5) is 15.5 Å². The van der Waals surface area contributed by atoms with Crippen LogP contribution in [-0.4, -0.2) is 55.7 Å². The molecular formula is C21H27ClN4O4S2. The van der Waals surface area contributed by atoms with E-state index in [-0.39, 0.29) is 22.1 Å². The van der Waals surface area contributed by atoms with Gasteiger partial charge in [-0.05, 0) is 49.2 Å². The summed E-state index contributed by atoms with van der Waals surface area (Å²) in [5.74, 6) is -0.472. The van der Waals surface area contributed by atoms with Crippen molar-refractivity contribution in [1.82, 2.24) is 9.21 Å². The Morgan fingerprint density at radius 3 is 2.47 bits per heavy atom. The molecule has 1 aliphatic heterocycles. The van der Waals surface area contributed by atoms with E-state index in [9.17, 15) is 18.0 Å². The van der Waals surface area contributed by atoms with E-state index in [2.05, 4.69) is 10.6 Å². The number of amides is 3. The van der Waals surface area contributed by atoms with Gasteiger partial charge in [-0.2, -0.15) is 4.31 Å². The van der Waals surface area contributed by atoms with E-state index in [4.69, 9.17) is 11.6 Å². The first-order chi connectivity index (χ1) is 15.2. The van der Waals surface area contributed by atoms with Crippen molar-refractivity contribution in [3.63, 3.8) is 0 Å². The number of nitrogens with zero attached hydrogens (tertiary/aromatic N) is 2. The second-order valence-corrected chi connectivity index (χ2v) is 11.1. The first kappa shape index (κ1) is 24.5. The van der Waals surface area contributed by atoms with Gasteiger partial charge in [0.15, 0.2) is 0 Å². The summed E-state index contributed by atoms with van der Waals surface area (Å²) in [5, 5.41) is 6.68. The number of carbonyl (C=O) groups excluding carboxylic acids is 2. The molecule has 0 aliphatic carbocycles. The Labute approximate surface area is 197 Å². The lowest BCUT2D eigenvalue weighted by atomic mass is 9.97. The predicted octanol–water partition coefficient (Wildman–Crippen LogP) is 4.31. The van der Waals surface area contributed by atoms with E-state index in [1.165, 1.54) is 10.4 Å². The second-order valence-electron chi connectivity index (χ2n) is 7.42. The summed E-state index contributed by atoms with van der Waals surface area (Å²) in [6.45, 7) is 5.16. The highest BCUT2D eigenvalue weighted by atomic mass is 35.5. The van der Waals surface area contributed by atoms with Crippen molar-refractivity contribution in [2.75, 3.05) is 36.8 Å². The monoisotopic (exact) mass is 498 g/mol. The Balaban J connectivity index is 1.60. The van der Waals surface area contributed by atoms with Crippen molar-refractivity contribution in [2.45, 2.75) is 30.9 Å². The maximum absolute atomic E-state index is 12.8. The molecule has 0 bridgehead atoms. The fourth-order valence-electron chi connectivity index (χ4n) is 3.55. The fraction of sp³-hybridized carbons (Fsp3) is 0.429. The minimum Gasteiger partial charge on any atom is -0.326 e. The van der Waals surface area contributed by atoms with Crippen molar-refractivity contribution < 1.29 is 18.0 Å². The number of rotatable bonds is 7. The smallest absolute Gasteiger partial charge is 0.322 e. The third-order valence-corrected chi connectivity index (χ3v) is 9.07. The number of halogens is 1. The molecule has 1 aromatic heterocycles. The van der Waals surface area contributed by atoms with Gasteiger partial charge in [-0.3, -0.25) is 10.1 Å². The summed E-state index contributed by atoms with van der Waals surface area (Å²) >= 11 is 6.90. The molecule has 1 atom stereocenters. The molecule has 2 N–H and O–H groups in total. The summed E-state index contributed by atoms with van der Waals surface area (Å²) in [7, 11) is -3.57. The van der Waals surface area contributed by atoms with Gasteiger partial charge in [0.1, 0.15) is 4.21 Å². The van der Waals surface area contributed by atoms with E-state index in [0.29, 0.717) is 54.7 Å². The van der Waals surface area contributed by atoms with Gasteiger partial charge in [-0.25, -0.2) is 13.2 Å². The Kier molecular flexibility index (Phi) is 8.16. The summed E-state index contributed by atoms with van der Waals surface area (Å²) in [6, 6.07) is 9.62. The van der Waals surface area contributed by atoms with Crippen LogP contribution in [0, 0.1) is 5.92 Å². The molecule has 2 aromatic rings. The number of urea groups is 1.